The molecule has 4 nitrogen and oxygen atoms in total. The summed E-state index contributed by atoms with van der Waals surface area (Å²) in [6, 6.07) is -0.779. The first-order valence-electron chi connectivity index (χ1n) is 3.00. The number of carbonyl (C=O) groups is 1. The smallest absolute Gasteiger partial charge is 0.152 e. The molecule has 1 aliphatic rings. The van der Waals surface area contributed by atoms with E-state index in [9.17, 15) is 13.2 Å². The third-order valence-electron chi connectivity index (χ3n) is 1.51. The molecule has 58 valence electrons. The Morgan fingerprint density at radius 2 is 2.10 bits per heavy atom. The average Bonchev–Trinajstić information content (AvgIpc) is 1.79. The van der Waals surface area contributed by atoms with Crippen LogP contribution in [0.5, 0.6) is 0 Å². The van der Waals surface area contributed by atoms with Crippen molar-refractivity contribution in [2.45, 2.75) is 12.5 Å². The van der Waals surface area contributed by atoms with Crippen molar-refractivity contribution >= 4 is 15.6 Å². The molecular formula is C5H9NO3S. The fourth-order valence-electron chi connectivity index (χ4n) is 0.891. The summed E-state index contributed by atoms with van der Waals surface area (Å²) >= 11 is 0. The van der Waals surface area contributed by atoms with E-state index in [1.54, 1.807) is 0 Å². The molecule has 1 atom stereocenters. The SMILES string of the molecule is N[C@@H]1CS(=O)(=O)CCC1=O. The Morgan fingerprint density at radius 3 is 2.50 bits per heavy atom. The lowest BCUT2D eigenvalue weighted by Crippen LogP contribution is -2.43. The van der Waals surface area contributed by atoms with E-state index in [1.807, 2.05) is 0 Å². The number of nitrogens with two attached hydrogens (primary N) is 1. The predicted molar refractivity (Wildman–Crippen MR) is 36.3 cm³/mol. The fraction of sp³-hybridized carbons (Fsp3) is 0.800. The zero-order valence-electron chi connectivity index (χ0n) is 5.41. The highest BCUT2D eigenvalue weighted by molar-refractivity contribution is 7.91. The maximum Gasteiger partial charge on any atom is 0.152 e. The van der Waals surface area contributed by atoms with Crippen LogP contribution in [0.25, 0.3) is 0 Å². The van der Waals surface area contributed by atoms with Gasteiger partial charge in [0.1, 0.15) is 0 Å². The first-order chi connectivity index (χ1) is 4.51. The lowest BCUT2D eigenvalue weighted by Gasteiger charge is -2.15. The Hall–Kier alpha value is -0.420. The minimum atomic E-state index is -3.01. The van der Waals surface area contributed by atoms with Crippen molar-refractivity contribution in [2.24, 2.45) is 5.73 Å². The second-order valence-corrected chi connectivity index (χ2v) is 4.67. The third-order valence-corrected chi connectivity index (χ3v) is 3.20. The third kappa shape index (κ3) is 1.54. The first-order valence-corrected chi connectivity index (χ1v) is 4.82. The van der Waals surface area contributed by atoms with E-state index in [2.05, 4.69) is 0 Å². The number of Topliss-reactive ketones (excluding diaryl/α,β-unsaturated/α-hetero) is 1. The summed E-state index contributed by atoms with van der Waals surface area (Å²) in [6.07, 6.45) is 0.0868. The standard InChI is InChI=1S/C5H9NO3S/c6-4-3-10(8,9)2-1-5(4)7/h4H,1-3,6H2/t4-/m1/s1. The molecular weight excluding hydrogens is 154 g/mol. The Bertz CT molecular complexity index is 244. The van der Waals surface area contributed by atoms with Gasteiger partial charge in [0, 0.05) is 6.42 Å². The van der Waals surface area contributed by atoms with Gasteiger partial charge >= 0.3 is 0 Å². The van der Waals surface area contributed by atoms with Crippen LogP contribution in [-0.2, 0) is 14.6 Å². The van der Waals surface area contributed by atoms with Gasteiger partial charge in [-0.05, 0) is 0 Å². The molecule has 1 aliphatic heterocycles. The van der Waals surface area contributed by atoms with Crippen molar-refractivity contribution in [1.29, 1.82) is 0 Å². The quantitative estimate of drug-likeness (QED) is 0.481. The van der Waals surface area contributed by atoms with Crippen LogP contribution in [0.3, 0.4) is 0 Å². The molecule has 0 spiro atoms. The minimum absolute atomic E-state index is 0.0282. The zero-order valence-corrected chi connectivity index (χ0v) is 6.23. The molecule has 5 heteroatoms. The molecule has 1 heterocycles. The molecule has 0 aromatic carbocycles. The molecule has 2 N–H and O–H groups in total. The van der Waals surface area contributed by atoms with Crippen LogP contribution in [0, 0.1) is 0 Å². The van der Waals surface area contributed by atoms with Gasteiger partial charge in [0.15, 0.2) is 15.6 Å². The molecule has 1 saturated heterocycles. The number of hydrogen-bond donors (Lipinski definition) is 1. The van der Waals surface area contributed by atoms with Crippen LogP contribution in [0.1, 0.15) is 6.42 Å². The minimum Gasteiger partial charge on any atom is -0.321 e. The maximum atomic E-state index is 10.8. The summed E-state index contributed by atoms with van der Waals surface area (Å²) in [5, 5.41) is 0. The largest absolute Gasteiger partial charge is 0.321 e. The van der Waals surface area contributed by atoms with Gasteiger partial charge in [0.05, 0.1) is 17.5 Å². The molecule has 0 aromatic rings. The first kappa shape index (κ1) is 7.68. The van der Waals surface area contributed by atoms with Crippen molar-refractivity contribution in [3.8, 4) is 0 Å². The van der Waals surface area contributed by atoms with Gasteiger partial charge in [-0.1, -0.05) is 0 Å². The number of sulfone groups is 1. The van der Waals surface area contributed by atoms with Crippen molar-refractivity contribution in [3.05, 3.63) is 0 Å². The summed E-state index contributed by atoms with van der Waals surface area (Å²) in [5.41, 5.74) is 5.23. The molecule has 0 unspecified atom stereocenters. The Balaban J connectivity index is 2.76. The van der Waals surface area contributed by atoms with E-state index in [1.165, 1.54) is 0 Å². The number of rotatable bonds is 0. The van der Waals surface area contributed by atoms with Crippen molar-refractivity contribution < 1.29 is 13.2 Å². The van der Waals surface area contributed by atoms with Gasteiger partial charge in [-0.25, -0.2) is 8.42 Å². The summed E-state index contributed by atoms with van der Waals surface area (Å²) in [5.74, 6) is -0.347. The fourth-order valence-corrected chi connectivity index (χ4v) is 2.30. The molecule has 1 rings (SSSR count). The van der Waals surface area contributed by atoms with E-state index in [-0.39, 0.29) is 23.7 Å². The molecule has 10 heavy (non-hydrogen) atoms. The van der Waals surface area contributed by atoms with E-state index in [4.69, 9.17) is 5.73 Å². The summed E-state index contributed by atoms with van der Waals surface area (Å²) in [6.45, 7) is 0. The van der Waals surface area contributed by atoms with E-state index >= 15 is 0 Å². The van der Waals surface area contributed by atoms with Gasteiger partial charge in [0.2, 0.25) is 0 Å². The highest BCUT2D eigenvalue weighted by Gasteiger charge is 2.28. The predicted octanol–water partition coefficient (Wildman–Crippen LogP) is -1.30. The lowest BCUT2D eigenvalue weighted by atomic mass is 10.2. The lowest BCUT2D eigenvalue weighted by molar-refractivity contribution is -0.119. The molecule has 0 bridgehead atoms. The highest BCUT2D eigenvalue weighted by Crippen LogP contribution is 2.06. The van der Waals surface area contributed by atoms with E-state index in [0.29, 0.717) is 0 Å². The van der Waals surface area contributed by atoms with Crippen molar-refractivity contribution in [2.75, 3.05) is 11.5 Å². The number of hydrogen-bond acceptors (Lipinski definition) is 4. The van der Waals surface area contributed by atoms with Crippen LogP contribution in [-0.4, -0.2) is 31.7 Å². The number of ketones is 1. The van der Waals surface area contributed by atoms with Crippen molar-refractivity contribution in [3.63, 3.8) is 0 Å². The van der Waals surface area contributed by atoms with Gasteiger partial charge in [-0.2, -0.15) is 0 Å². The Morgan fingerprint density at radius 1 is 1.50 bits per heavy atom. The molecule has 1 fully saturated rings. The van der Waals surface area contributed by atoms with Crippen LogP contribution < -0.4 is 5.73 Å². The van der Waals surface area contributed by atoms with E-state index in [0.717, 1.165) is 0 Å². The van der Waals surface area contributed by atoms with Gasteiger partial charge in [-0.15, -0.1) is 0 Å². The summed E-state index contributed by atoms with van der Waals surface area (Å²) in [4.78, 5) is 10.7. The normalized spacial score (nSPS) is 32.1. The second-order valence-electron chi connectivity index (χ2n) is 2.44. The number of carbonyl (C=O) groups excluding carboxylic acids is 1. The molecule has 0 radical (unpaired) electrons. The zero-order chi connectivity index (χ0) is 7.78. The monoisotopic (exact) mass is 163 g/mol. The van der Waals surface area contributed by atoms with Gasteiger partial charge in [-0.3, -0.25) is 4.79 Å². The maximum absolute atomic E-state index is 10.8. The van der Waals surface area contributed by atoms with Crippen LogP contribution >= 0.6 is 0 Å². The van der Waals surface area contributed by atoms with Gasteiger partial charge < -0.3 is 5.73 Å². The summed E-state index contributed by atoms with van der Waals surface area (Å²) in [7, 11) is -3.01. The topological polar surface area (TPSA) is 77.2 Å². The van der Waals surface area contributed by atoms with Crippen molar-refractivity contribution in [1.82, 2.24) is 0 Å². The van der Waals surface area contributed by atoms with Crippen LogP contribution in [0.4, 0.5) is 0 Å². The van der Waals surface area contributed by atoms with Crippen LogP contribution in [0.2, 0.25) is 0 Å². The summed E-state index contributed by atoms with van der Waals surface area (Å²) < 4.78 is 21.5. The molecule has 0 amide bonds. The molecule has 0 aromatic heterocycles. The second kappa shape index (κ2) is 2.32. The molecule has 0 aliphatic carbocycles. The average molecular weight is 163 g/mol. The Labute approximate surface area is 59.3 Å². The highest BCUT2D eigenvalue weighted by atomic mass is 32.2. The van der Waals surface area contributed by atoms with Crippen LogP contribution in [0.15, 0.2) is 0 Å². The Kier molecular flexibility index (Phi) is 1.78. The molecule has 0 saturated carbocycles. The van der Waals surface area contributed by atoms with Gasteiger partial charge in [0.25, 0.3) is 0 Å². The van der Waals surface area contributed by atoms with E-state index < -0.39 is 15.9 Å².